The first-order valence-corrected chi connectivity index (χ1v) is 9.12. The van der Waals surface area contributed by atoms with Gasteiger partial charge in [-0.25, -0.2) is 0 Å². The van der Waals surface area contributed by atoms with Gasteiger partial charge < -0.3 is 10.1 Å². The van der Waals surface area contributed by atoms with Crippen molar-refractivity contribution in [2.45, 2.75) is 12.8 Å². The molecule has 0 aliphatic heterocycles. The fraction of sp³-hybridized carbons (Fsp3) is 0.211. The summed E-state index contributed by atoms with van der Waals surface area (Å²) in [5.74, 6) is -0.478. The maximum absolute atomic E-state index is 12.3. The third-order valence-corrected chi connectivity index (χ3v) is 4.55. The molecule has 7 nitrogen and oxygen atoms in total. The normalized spacial score (nSPS) is 12.8. The van der Waals surface area contributed by atoms with Crippen molar-refractivity contribution >= 4 is 39.3 Å². The summed E-state index contributed by atoms with van der Waals surface area (Å²) < 4.78 is 5.86. The number of benzene rings is 2. The van der Waals surface area contributed by atoms with E-state index in [9.17, 15) is 14.4 Å². The van der Waals surface area contributed by atoms with Crippen molar-refractivity contribution in [2.24, 2.45) is 5.92 Å². The number of methoxy groups -OCH3 is 1. The molecule has 0 spiro atoms. The quantitative estimate of drug-likeness (QED) is 0.634. The Morgan fingerprint density at radius 1 is 1.00 bits per heavy atom. The molecule has 1 aliphatic rings. The highest BCUT2D eigenvalue weighted by Crippen LogP contribution is 2.30. The lowest BCUT2D eigenvalue weighted by Gasteiger charge is -2.11. The van der Waals surface area contributed by atoms with Crippen LogP contribution in [0, 0.1) is 5.92 Å². The molecule has 0 unspecified atom stereocenters. The Morgan fingerprint density at radius 3 is 2.30 bits per heavy atom. The molecule has 0 radical (unpaired) electrons. The predicted molar refractivity (Wildman–Crippen MR) is 103 cm³/mol. The molecule has 2 aromatic rings. The average Bonchev–Trinajstić information content (AvgIpc) is 3.51. The van der Waals surface area contributed by atoms with Gasteiger partial charge in [-0.1, -0.05) is 15.9 Å². The molecule has 3 rings (SSSR count). The fourth-order valence-electron chi connectivity index (χ4n) is 2.41. The van der Waals surface area contributed by atoms with Crippen LogP contribution in [0.2, 0.25) is 0 Å². The number of amides is 3. The number of anilines is 1. The largest absolute Gasteiger partial charge is 0.496 e. The van der Waals surface area contributed by atoms with Crippen LogP contribution in [0.15, 0.2) is 46.9 Å². The summed E-state index contributed by atoms with van der Waals surface area (Å²) in [7, 11) is 1.46. The van der Waals surface area contributed by atoms with Crippen LogP contribution in [0.1, 0.15) is 33.6 Å². The molecule has 0 bridgehead atoms. The van der Waals surface area contributed by atoms with Crippen LogP contribution >= 0.6 is 15.9 Å². The van der Waals surface area contributed by atoms with Crippen LogP contribution in [0.4, 0.5) is 5.69 Å². The van der Waals surface area contributed by atoms with E-state index in [-0.39, 0.29) is 17.4 Å². The number of rotatable bonds is 5. The minimum atomic E-state index is -0.505. The summed E-state index contributed by atoms with van der Waals surface area (Å²) in [6.45, 7) is 0. The topological polar surface area (TPSA) is 96.5 Å². The van der Waals surface area contributed by atoms with Crippen molar-refractivity contribution in [3.05, 3.63) is 58.1 Å². The first-order chi connectivity index (χ1) is 13.0. The molecule has 0 saturated heterocycles. The number of ether oxygens (including phenoxy) is 1. The van der Waals surface area contributed by atoms with Crippen molar-refractivity contribution in [3.63, 3.8) is 0 Å². The fourth-order valence-corrected chi connectivity index (χ4v) is 2.77. The van der Waals surface area contributed by atoms with Gasteiger partial charge in [-0.05, 0) is 55.3 Å². The van der Waals surface area contributed by atoms with Crippen molar-refractivity contribution in [1.29, 1.82) is 0 Å². The van der Waals surface area contributed by atoms with Crippen LogP contribution in [0.3, 0.4) is 0 Å². The molecule has 1 fully saturated rings. The van der Waals surface area contributed by atoms with E-state index in [1.165, 1.54) is 7.11 Å². The molecule has 8 heteroatoms. The molecule has 1 saturated carbocycles. The summed E-state index contributed by atoms with van der Waals surface area (Å²) in [4.78, 5) is 36.2. The van der Waals surface area contributed by atoms with E-state index in [1.54, 1.807) is 42.5 Å². The monoisotopic (exact) mass is 431 g/mol. The van der Waals surface area contributed by atoms with Crippen molar-refractivity contribution < 1.29 is 19.1 Å². The number of carbonyl (C=O) groups is 3. The van der Waals surface area contributed by atoms with Crippen LogP contribution in [-0.4, -0.2) is 24.8 Å². The summed E-state index contributed by atoms with van der Waals surface area (Å²) in [6, 6.07) is 11.4. The number of hydrazine groups is 1. The maximum Gasteiger partial charge on any atom is 0.273 e. The molecule has 0 aromatic heterocycles. The first kappa shape index (κ1) is 18.9. The summed E-state index contributed by atoms with van der Waals surface area (Å²) in [5, 5.41) is 2.80. The molecular weight excluding hydrogens is 414 g/mol. The predicted octanol–water partition coefficient (Wildman–Crippen LogP) is 2.88. The van der Waals surface area contributed by atoms with Gasteiger partial charge in [0.1, 0.15) is 5.75 Å². The van der Waals surface area contributed by atoms with Crippen molar-refractivity contribution in [2.75, 3.05) is 12.4 Å². The number of nitrogens with one attached hydrogen (secondary N) is 3. The lowest BCUT2D eigenvalue weighted by molar-refractivity contribution is -0.117. The second-order valence-electron chi connectivity index (χ2n) is 6.09. The Bertz CT molecular complexity index is 879. The zero-order chi connectivity index (χ0) is 19.4. The SMILES string of the molecule is COc1ccc(Br)cc1C(=O)NNC(=O)c1ccc(NC(=O)C2CC2)cc1. The van der Waals surface area contributed by atoms with E-state index >= 15 is 0 Å². The van der Waals surface area contributed by atoms with E-state index < -0.39 is 11.8 Å². The molecular formula is C19H18BrN3O4. The van der Waals surface area contributed by atoms with Gasteiger partial charge in [0.2, 0.25) is 5.91 Å². The first-order valence-electron chi connectivity index (χ1n) is 8.33. The highest BCUT2D eigenvalue weighted by molar-refractivity contribution is 9.10. The zero-order valence-corrected chi connectivity index (χ0v) is 16.1. The lowest BCUT2D eigenvalue weighted by Crippen LogP contribution is -2.41. The zero-order valence-electron chi connectivity index (χ0n) is 14.5. The summed E-state index contributed by atoms with van der Waals surface area (Å²) in [5.41, 5.74) is 5.98. The van der Waals surface area contributed by atoms with Gasteiger partial charge in [0.05, 0.1) is 12.7 Å². The number of halogens is 1. The molecule has 1 aliphatic carbocycles. The smallest absolute Gasteiger partial charge is 0.273 e. The lowest BCUT2D eigenvalue weighted by atomic mass is 10.2. The number of hydrogen-bond donors (Lipinski definition) is 3. The van der Waals surface area contributed by atoms with Crippen LogP contribution in [0.5, 0.6) is 5.75 Å². The average molecular weight is 432 g/mol. The van der Waals surface area contributed by atoms with Gasteiger partial charge in [0.25, 0.3) is 11.8 Å². The second kappa shape index (κ2) is 8.22. The van der Waals surface area contributed by atoms with Crippen LogP contribution in [-0.2, 0) is 4.79 Å². The van der Waals surface area contributed by atoms with Crippen molar-refractivity contribution in [3.8, 4) is 5.75 Å². The molecule has 140 valence electrons. The number of carbonyl (C=O) groups excluding carboxylic acids is 3. The molecule has 0 heterocycles. The summed E-state index contributed by atoms with van der Waals surface area (Å²) in [6.07, 6.45) is 1.85. The van der Waals surface area contributed by atoms with E-state index in [0.29, 0.717) is 21.5 Å². The van der Waals surface area contributed by atoms with E-state index in [4.69, 9.17) is 4.74 Å². The highest BCUT2D eigenvalue weighted by Gasteiger charge is 2.29. The Morgan fingerprint density at radius 2 is 1.67 bits per heavy atom. The van der Waals surface area contributed by atoms with E-state index in [0.717, 1.165) is 12.8 Å². The van der Waals surface area contributed by atoms with Gasteiger partial charge in [0.15, 0.2) is 0 Å². The van der Waals surface area contributed by atoms with Crippen LogP contribution < -0.4 is 20.9 Å². The molecule has 3 amide bonds. The molecule has 3 N–H and O–H groups in total. The van der Waals surface area contributed by atoms with Gasteiger partial charge in [-0.15, -0.1) is 0 Å². The third-order valence-electron chi connectivity index (χ3n) is 4.06. The molecule has 27 heavy (non-hydrogen) atoms. The Kier molecular flexibility index (Phi) is 5.75. The van der Waals surface area contributed by atoms with Gasteiger partial charge in [-0.3, -0.25) is 25.2 Å². The Balaban J connectivity index is 1.58. The minimum Gasteiger partial charge on any atom is -0.496 e. The maximum atomic E-state index is 12.3. The van der Waals surface area contributed by atoms with E-state index in [2.05, 4.69) is 32.1 Å². The standard InChI is InChI=1S/C19H18BrN3O4/c1-27-16-9-6-13(20)10-15(16)19(26)23-22-18(25)12-4-7-14(8-5-12)21-17(24)11-2-3-11/h4-11H,2-3H2,1H3,(H,21,24)(H,22,25)(H,23,26). The van der Waals surface area contributed by atoms with Gasteiger partial charge in [-0.2, -0.15) is 0 Å². The van der Waals surface area contributed by atoms with E-state index in [1.807, 2.05) is 0 Å². The highest BCUT2D eigenvalue weighted by atomic mass is 79.9. The van der Waals surface area contributed by atoms with Crippen molar-refractivity contribution in [1.82, 2.24) is 10.9 Å². The van der Waals surface area contributed by atoms with Crippen LogP contribution in [0.25, 0.3) is 0 Å². The molecule has 2 aromatic carbocycles. The second-order valence-corrected chi connectivity index (χ2v) is 7.01. The minimum absolute atomic E-state index is 0.00225. The third kappa shape index (κ3) is 4.85. The Labute approximate surface area is 164 Å². The van der Waals surface area contributed by atoms with Gasteiger partial charge >= 0.3 is 0 Å². The summed E-state index contributed by atoms with van der Waals surface area (Å²) >= 11 is 3.29. The number of hydrogen-bond acceptors (Lipinski definition) is 4. The molecule has 0 atom stereocenters. The Hall–Kier alpha value is -2.87. The van der Waals surface area contributed by atoms with Gasteiger partial charge in [0, 0.05) is 21.6 Å².